The number of aryl methyl sites for hydroxylation is 2. The van der Waals surface area contributed by atoms with E-state index in [4.69, 9.17) is 19.6 Å². The van der Waals surface area contributed by atoms with Gasteiger partial charge in [0.1, 0.15) is 34.7 Å². The van der Waals surface area contributed by atoms with Crippen molar-refractivity contribution in [2.45, 2.75) is 104 Å². The topological polar surface area (TPSA) is 176 Å². The highest BCUT2D eigenvalue weighted by Crippen LogP contribution is 2.37. The van der Waals surface area contributed by atoms with Crippen LogP contribution in [0.5, 0.6) is 0 Å². The fourth-order valence-electron chi connectivity index (χ4n) is 10.9. The molecule has 77 heavy (non-hydrogen) atoms. The average Bonchev–Trinajstić information content (AvgIpc) is 4.27. The zero-order valence-electron chi connectivity index (χ0n) is 44.8. The molecule has 0 spiro atoms. The van der Waals surface area contributed by atoms with Gasteiger partial charge in [0.05, 0.1) is 72.5 Å². The molecule has 9 rings (SSSR count). The van der Waals surface area contributed by atoms with Crippen LogP contribution in [-0.4, -0.2) is 147 Å². The molecule has 408 valence electrons. The standard InChI is InChI=1S/C59H72FN9O7S/c1-40-57(77-39-62-40)42-18-15-41(16-19-42)17-20-53(73)51-35-47(72)38-68(51)58(74)48(59(2,3)4)34-45(70)23-30-76-32-31-75-29-8-11-46(71)37-65-25-27-66(28-26-65)55-14-6-12-49(63-55)52-36-61-54-21-22-56(64-69(52)54)67-24-7-13-50(67)43-9-5-10-44(60)33-43/h5-6,9-10,12,14-16,18-19,21-22,33,36,39,47-48,50-51,72H,7-8,11,13,17,20,23-32,34-35,37-38H2,1-4H3/t47-,48-,50-,51+/m1/s1. The first-order valence-corrected chi connectivity index (χ1v) is 28.1. The van der Waals surface area contributed by atoms with Crippen molar-refractivity contribution >= 4 is 51.9 Å². The lowest BCUT2D eigenvalue weighted by Crippen LogP contribution is -2.48. The number of ether oxygens (including phenoxy) is 2. The molecule has 0 aliphatic carbocycles. The van der Waals surface area contributed by atoms with Gasteiger partial charge in [0.15, 0.2) is 11.4 Å². The number of carbonyl (C=O) groups is 4. The van der Waals surface area contributed by atoms with Crippen LogP contribution >= 0.6 is 11.3 Å². The number of likely N-dealkylation sites (tertiary alicyclic amines) is 1. The molecule has 0 unspecified atom stereocenters. The fourth-order valence-corrected chi connectivity index (χ4v) is 11.7. The van der Waals surface area contributed by atoms with Gasteiger partial charge in [-0.15, -0.1) is 16.4 Å². The number of aliphatic hydroxyl groups is 1. The molecule has 3 aliphatic rings. The van der Waals surface area contributed by atoms with Gasteiger partial charge in [0.2, 0.25) is 5.91 Å². The molecule has 7 heterocycles. The Morgan fingerprint density at radius 3 is 2.38 bits per heavy atom. The summed E-state index contributed by atoms with van der Waals surface area (Å²) in [6.45, 7) is 13.2. The van der Waals surface area contributed by atoms with Gasteiger partial charge < -0.3 is 29.3 Å². The van der Waals surface area contributed by atoms with Gasteiger partial charge in [-0.2, -0.15) is 0 Å². The number of piperazine rings is 1. The molecule has 3 saturated heterocycles. The van der Waals surface area contributed by atoms with E-state index in [1.807, 2.05) is 98.4 Å². The van der Waals surface area contributed by atoms with Crippen molar-refractivity contribution in [1.82, 2.24) is 34.4 Å². The number of fused-ring (bicyclic) bond motifs is 1. The number of carbonyl (C=O) groups excluding carboxylic acids is 4. The van der Waals surface area contributed by atoms with Crippen molar-refractivity contribution in [2.24, 2.45) is 11.3 Å². The summed E-state index contributed by atoms with van der Waals surface area (Å²) in [7, 11) is 0. The molecular weight excluding hydrogens is 998 g/mol. The molecule has 16 nitrogen and oxygen atoms in total. The van der Waals surface area contributed by atoms with Crippen LogP contribution < -0.4 is 9.80 Å². The minimum absolute atomic E-state index is 0.0168. The van der Waals surface area contributed by atoms with Gasteiger partial charge in [-0.3, -0.25) is 24.1 Å². The van der Waals surface area contributed by atoms with E-state index in [1.165, 1.54) is 11.0 Å². The number of aliphatic hydroxyl groups excluding tert-OH is 1. The minimum atomic E-state index is -0.803. The number of ketones is 3. The minimum Gasteiger partial charge on any atom is -0.391 e. The SMILES string of the molecule is Cc1ncsc1-c1ccc(CCC(=O)[C@@H]2C[C@@H](O)CN2C(=O)[C@@H](CC(=O)CCOCCOCCCC(=O)CN2CCN(c3cccc(-c4cnc5ccc(N6CCC[C@@H]6c6cccc(F)c6)nn45)n3)CC2)C(C)(C)C)cc1. The third kappa shape index (κ3) is 14.1. The number of nitrogens with zero attached hydrogens (tertiary/aromatic N) is 9. The number of amides is 1. The summed E-state index contributed by atoms with van der Waals surface area (Å²) in [6, 6.07) is 24.2. The quantitative estimate of drug-likeness (QED) is 0.0572. The first-order chi connectivity index (χ1) is 37.2. The van der Waals surface area contributed by atoms with E-state index < -0.39 is 23.5 Å². The van der Waals surface area contributed by atoms with Crippen LogP contribution in [0.3, 0.4) is 0 Å². The van der Waals surface area contributed by atoms with E-state index in [2.05, 4.69) is 24.7 Å². The van der Waals surface area contributed by atoms with Gasteiger partial charge in [-0.25, -0.2) is 23.9 Å². The zero-order valence-corrected chi connectivity index (χ0v) is 45.6. The number of rotatable bonds is 24. The Kier molecular flexibility index (Phi) is 18.3. The number of pyridine rings is 1. The number of hydrogen-bond donors (Lipinski definition) is 1. The summed E-state index contributed by atoms with van der Waals surface area (Å²) in [6.07, 6.45) is 5.05. The van der Waals surface area contributed by atoms with Gasteiger partial charge in [-0.05, 0) is 91.1 Å². The first-order valence-electron chi connectivity index (χ1n) is 27.2. The van der Waals surface area contributed by atoms with Crippen LogP contribution in [0.15, 0.2) is 90.6 Å². The third-order valence-corrected chi connectivity index (χ3v) is 16.2. The number of hydrogen-bond acceptors (Lipinski definition) is 15. The molecule has 0 saturated carbocycles. The summed E-state index contributed by atoms with van der Waals surface area (Å²) < 4.78 is 27.4. The molecule has 0 bridgehead atoms. The average molecular weight is 1070 g/mol. The number of anilines is 2. The Hall–Kier alpha value is -6.31. The van der Waals surface area contributed by atoms with Crippen molar-refractivity contribution in [3.05, 3.63) is 113 Å². The highest BCUT2D eigenvalue weighted by molar-refractivity contribution is 7.13. The smallest absolute Gasteiger partial charge is 0.227 e. The normalized spacial score (nSPS) is 18.6. The number of Topliss-reactive ketones (excluding diaryl/α,β-unsaturated/α-hetero) is 3. The number of β-amino-alcohol motifs (C(OH)–C–C–N with tert-alkyl or cyclic N) is 1. The number of thiazole rings is 1. The predicted octanol–water partition coefficient (Wildman–Crippen LogP) is 8.38. The van der Waals surface area contributed by atoms with Crippen LogP contribution in [0.2, 0.25) is 0 Å². The maximum absolute atomic E-state index is 14.1. The van der Waals surface area contributed by atoms with Crippen molar-refractivity contribution in [1.29, 1.82) is 0 Å². The summed E-state index contributed by atoms with van der Waals surface area (Å²) in [5.74, 6) is 0.469. The molecule has 18 heteroatoms. The molecule has 6 aromatic rings. The predicted molar refractivity (Wildman–Crippen MR) is 295 cm³/mol. The lowest BCUT2D eigenvalue weighted by molar-refractivity contribution is -0.146. The van der Waals surface area contributed by atoms with E-state index in [0.29, 0.717) is 45.6 Å². The summed E-state index contributed by atoms with van der Waals surface area (Å²) in [4.78, 5) is 77.2. The number of imidazole rings is 1. The Bertz CT molecular complexity index is 2990. The molecular formula is C59H72FN9O7S. The highest BCUT2D eigenvalue weighted by Gasteiger charge is 2.44. The van der Waals surface area contributed by atoms with Crippen molar-refractivity contribution in [3.8, 4) is 21.8 Å². The van der Waals surface area contributed by atoms with E-state index >= 15 is 0 Å². The molecule has 3 fully saturated rings. The lowest BCUT2D eigenvalue weighted by Gasteiger charge is -2.35. The number of benzene rings is 2. The third-order valence-electron chi connectivity index (χ3n) is 15.2. The molecule has 2 aromatic carbocycles. The first kappa shape index (κ1) is 55.4. The monoisotopic (exact) mass is 1070 g/mol. The molecule has 3 aliphatic heterocycles. The van der Waals surface area contributed by atoms with E-state index in [1.54, 1.807) is 29.7 Å². The van der Waals surface area contributed by atoms with Crippen LogP contribution in [0.1, 0.15) is 95.0 Å². The second kappa shape index (κ2) is 25.4. The van der Waals surface area contributed by atoms with Gasteiger partial charge >= 0.3 is 0 Å². The van der Waals surface area contributed by atoms with Crippen LogP contribution in [0.25, 0.3) is 27.5 Å². The van der Waals surface area contributed by atoms with E-state index in [0.717, 1.165) is 101 Å². The summed E-state index contributed by atoms with van der Waals surface area (Å²) in [5, 5.41) is 15.7. The Morgan fingerprint density at radius 1 is 0.844 bits per heavy atom. The van der Waals surface area contributed by atoms with Crippen LogP contribution in [0.4, 0.5) is 16.0 Å². The van der Waals surface area contributed by atoms with Gasteiger partial charge in [0, 0.05) is 83.9 Å². The summed E-state index contributed by atoms with van der Waals surface area (Å²) in [5.41, 5.74) is 7.57. The molecule has 0 radical (unpaired) electrons. The zero-order chi connectivity index (χ0) is 54.1. The largest absolute Gasteiger partial charge is 0.391 e. The fraction of sp³-hybridized carbons (Fsp3) is 0.492. The number of halogens is 1. The van der Waals surface area contributed by atoms with Crippen molar-refractivity contribution in [3.63, 3.8) is 0 Å². The van der Waals surface area contributed by atoms with Crippen LogP contribution in [-0.2, 0) is 35.1 Å². The van der Waals surface area contributed by atoms with E-state index in [-0.39, 0.29) is 74.0 Å². The Labute approximate surface area is 454 Å². The second-order valence-corrected chi connectivity index (χ2v) is 22.6. The molecule has 4 aromatic heterocycles. The molecule has 1 amide bonds. The molecule has 1 N–H and O–H groups in total. The summed E-state index contributed by atoms with van der Waals surface area (Å²) >= 11 is 1.59. The Balaban J connectivity index is 0.647. The van der Waals surface area contributed by atoms with Crippen molar-refractivity contribution in [2.75, 3.05) is 82.0 Å². The number of aromatic nitrogens is 5. The maximum atomic E-state index is 14.1. The maximum Gasteiger partial charge on any atom is 0.227 e. The Morgan fingerprint density at radius 2 is 1.62 bits per heavy atom. The van der Waals surface area contributed by atoms with Crippen LogP contribution in [0, 0.1) is 24.1 Å². The van der Waals surface area contributed by atoms with Gasteiger partial charge in [0.25, 0.3) is 0 Å². The van der Waals surface area contributed by atoms with E-state index in [9.17, 15) is 28.7 Å². The highest BCUT2D eigenvalue weighted by atomic mass is 32.1. The lowest BCUT2D eigenvalue weighted by atomic mass is 9.76. The van der Waals surface area contributed by atoms with Crippen molar-refractivity contribution < 1.29 is 38.1 Å². The van der Waals surface area contributed by atoms with Gasteiger partial charge in [-0.1, -0.05) is 63.2 Å². The second-order valence-electron chi connectivity index (χ2n) is 21.8. The molecule has 4 atom stereocenters.